The quantitative estimate of drug-likeness (QED) is 0.465. The molecule has 0 amide bonds. The first-order valence-corrected chi connectivity index (χ1v) is 9.09. The molecular formula is C19H19ClN6O3. The molecule has 2 aromatic heterocycles. The number of fused-ring (bicyclic) bond motifs is 1. The van der Waals surface area contributed by atoms with Crippen LogP contribution in [0.4, 0.5) is 11.4 Å². The number of hydrogen-bond donors (Lipinski definition) is 2. The smallest absolute Gasteiger partial charge is 0.328 e. The number of aromatic nitrogens is 3. The van der Waals surface area contributed by atoms with Gasteiger partial charge in [0, 0.05) is 25.5 Å². The van der Waals surface area contributed by atoms with Gasteiger partial charge in [-0.25, -0.2) is 9.78 Å². The Kier molecular flexibility index (Phi) is 5.87. The number of benzene rings is 1. The molecule has 0 aliphatic rings. The van der Waals surface area contributed by atoms with Crippen LogP contribution in [0.1, 0.15) is 12.0 Å². The van der Waals surface area contributed by atoms with E-state index in [0.717, 1.165) is 5.52 Å². The highest BCUT2D eigenvalue weighted by Gasteiger charge is 2.17. The standard InChI is InChI=1S/C19H19ClN6O3/c1-25-15-4-3-11(24-14-5-7-23-17(20)12(14)10-21)9-16(15)26(19(25)28)8-6-13(22)18(27)29-2/h3-5,7,9,13H,6,8,22H2,1-2H3,(H,23,24)/t13-/m1/s1. The molecule has 0 unspecified atom stereocenters. The molecule has 3 aromatic rings. The molecule has 0 radical (unpaired) electrons. The number of halogens is 1. The number of imidazole rings is 1. The van der Waals surface area contributed by atoms with Crippen LogP contribution in [0.25, 0.3) is 11.0 Å². The Morgan fingerprint density at radius 2 is 2.17 bits per heavy atom. The van der Waals surface area contributed by atoms with Crippen molar-refractivity contribution in [1.82, 2.24) is 14.1 Å². The van der Waals surface area contributed by atoms with Crippen LogP contribution in [0.5, 0.6) is 0 Å². The monoisotopic (exact) mass is 414 g/mol. The molecule has 1 aromatic carbocycles. The molecule has 0 saturated heterocycles. The van der Waals surface area contributed by atoms with Gasteiger partial charge in [0.1, 0.15) is 22.8 Å². The highest BCUT2D eigenvalue weighted by atomic mass is 35.5. The van der Waals surface area contributed by atoms with Gasteiger partial charge in [-0.1, -0.05) is 11.6 Å². The van der Waals surface area contributed by atoms with Crippen molar-refractivity contribution in [2.24, 2.45) is 12.8 Å². The number of nitrogens with one attached hydrogen (secondary N) is 1. The minimum Gasteiger partial charge on any atom is -0.468 e. The second kappa shape index (κ2) is 8.34. The molecule has 0 bridgehead atoms. The fourth-order valence-electron chi connectivity index (χ4n) is 3.04. The third-order valence-corrected chi connectivity index (χ3v) is 4.90. The number of carbonyl (C=O) groups is 1. The van der Waals surface area contributed by atoms with Crippen molar-refractivity contribution in [2.45, 2.75) is 19.0 Å². The van der Waals surface area contributed by atoms with Gasteiger partial charge in [0.15, 0.2) is 0 Å². The van der Waals surface area contributed by atoms with Gasteiger partial charge in [0.25, 0.3) is 0 Å². The van der Waals surface area contributed by atoms with Crippen LogP contribution in [0.2, 0.25) is 5.15 Å². The van der Waals surface area contributed by atoms with E-state index in [9.17, 15) is 14.9 Å². The molecule has 1 atom stereocenters. The number of nitrogens with two attached hydrogens (primary N) is 1. The molecular weight excluding hydrogens is 396 g/mol. The van der Waals surface area contributed by atoms with E-state index in [2.05, 4.69) is 15.0 Å². The number of aryl methyl sites for hydroxylation is 2. The molecule has 0 saturated carbocycles. The average Bonchev–Trinajstić information content (AvgIpc) is 2.95. The summed E-state index contributed by atoms with van der Waals surface area (Å²) < 4.78 is 7.70. The lowest BCUT2D eigenvalue weighted by Gasteiger charge is -2.11. The maximum absolute atomic E-state index is 12.6. The van der Waals surface area contributed by atoms with Crippen molar-refractivity contribution in [3.05, 3.63) is 51.7 Å². The maximum atomic E-state index is 12.6. The number of anilines is 2. The minimum absolute atomic E-state index is 0.104. The van der Waals surface area contributed by atoms with Crippen LogP contribution in [0.3, 0.4) is 0 Å². The lowest BCUT2D eigenvalue weighted by Crippen LogP contribution is -2.34. The third-order valence-electron chi connectivity index (χ3n) is 4.61. The zero-order chi connectivity index (χ0) is 21.1. The summed E-state index contributed by atoms with van der Waals surface area (Å²) in [6.45, 7) is 0.250. The Bertz CT molecular complexity index is 1180. The average molecular weight is 415 g/mol. The second-order valence-electron chi connectivity index (χ2n) is 6.38. The predicted molar refractivity (Wildman–Crippen MR) is 109 cm³/mol. The number of nitriles is 1. The Hall–Kier alpha value is -3.35. The fourth-order valence-corrected chi connectivity index (χ4v) is 3.24. The number of rotatable bonds is 6. The number of nitrogens with zero attached hydrogens (tertiary/aromatic N) is 4. The van der Waals surface area contributed by atoms with Crippen molar-refractivity contribution in [3.63, 3.8) is 0 Å². The van der Waals surface area contributed by atoms with E-state index in [-0.39, 0.29) is 29.4 Å². The normalized spacial score (nSPS) is 11.8. The minimum atomic E-state index is -0.819. The van der Waals surface area contributed by atoms with E-state index in [1.54, 1.807) is 35.9 Å². The number of ether oxygens (including phenoxy) is 1. The van der Waals surface area contributed by atoms with E-state index in [4.69, 9.17) is 17.3 Å². The summed E-state index contributed by atoms with van der Waals surface area (Å²) in [6, 6.07) is 8.22. The summed E-state index contributed by atoms with van der Waals surface area (Å²) in [5, 5.41) is 12.5. The third kappa shape index (κ3) is 3.94. The van der Waals surface area contributed by atoms with Gasteiger partial charge in [-0.2, -0.15) is 5.26 Å². The van der Waals surface area contributed by atoms with Crippen LogP contribution in [0, 0.1) is 11.3 Å². The lowest BCUT2D eigenvalue weighted by molar-refractivity contribution is -0.142. The number of pyridine rings is 1. The number of esters is 1. The first-order valence-electron chi connectivity index (χ1n) is 8.71. The van der Waals surface area contributed by atoms with E-state index < -0.39 is 12.0 Å². The van der Waals surface area contributed by atoms with Crippen LogP contribution in [-0.2, 0) is 23.1 Å². The van der Waals surface area contributed by atoms with E-state index in [1.165, 1.54) is 17.9 Å². The topological polar surface area (TPSA) is 128 Å². The SMILES string of the molecule is COC(=O)[C@H](N)CCn1c(=O)n(C)c2ccc(Nc3ccnc(Cl)c3C#N)cc21. The predicted octanol–water partition coefficient (Wildman–Crippen LogP) is 1.89. The fraction of sp³-hybridized carbons (Fsp3) is 0.263. The molecule has 29 heavy (non-hydrogen) atoms. The summed E-state index contributed by atoms with van der Waals surface area (Å²) >= 11 is 5.98. The van der Waals surface area contributed by atoms with Gasteiger partial charge in [-0.3, -0.25) is 13.9 Å². The molecule has 10 heteroatoms. The molecule has 2 heterocycles. The molecule has 0 aliphatic carbocycles. The largest absolute Gasteiger partial charge is 0.468 e. The molecule has 0 fully saturated rings. The van der Waals surface area contributed by atoms with Crippen molar-refractivity contribution in [2.75, 3.05) is 12.4 Å². The number of carbonyl (C=O) groups excluding carboxylic acids is 1. The van der Waals surface area contributed by atoms with Gasteiger partial charge in [-0.05, 0) is 30.7 Å². The van der Waals surface area contributed by atoms with E-state index in [0.29, 0.717) is 16.9 Å². The highest BCUT2D eigenvalue weighted by molar-refractivity contribution is 6.31. The molecule has 9 nitrogen and oxygen atoms in total. The van der Waals surface area contributed by atoms with Crippen LogP contribution < -0.4 is 16.7 Å². The van der Waals surface area contributed by atoms with Gasteiger partial charge in [0.2, 0.25) is 0 Å². The Morgan fingerprint density at radius 3 is 2.86 bits per heavy atom. The van der Waals surface area contributed by atoms with Crippen molar-refractivity contribution in [1.29, 1.82) is 5.26 Å². The summed E-state index contributed by atoms with van der Waals surface area (Å²) in [6.07, 6.45) is 1.75. The zero-order valence-electron chi connectivity index (χ0n) is 15.8. The van der Waals surface area contributed by atoms with Crippen molar-refractivity contribution in [3.8, 4) is 6.07 Å². The van der Waals surface area contributed by atoms with Crippen molar-refractivity contribution < 1.29 is 9.53 Å². The van der Waals surface area contributed by atoms with Gasteiger partial charge in [-0.15, -0.1) is 0 Å². The van der Waals surface area contributed by atoms with Gasteiger partial charge < -0.3 is 15.8 Å². The summed E-state index contributed by atoms with van der Waals surface area (Å²) in [4.78, 5) is 28.1. The van der Waals surface area contributed by atoms with E-state index >= 15 is 0 Å². The van der Waals surface area contributed by atoms with Crippen LogP contribution in [-0.4, -0.2) is 33.2 Å². The summed E-state index contributed by atoms with van der Waals surface area (Å²) in [5.74, 6) is -0.528. The summed E-state index contributed by atoms with van der Waals surface area (Å²) in [5.41, 5.74) is 8.35. The van der Waals surface area contributed by atoms with Crippen LogP contribution >= 0.6 is 11.6 Å². The zero-order valence-corrected chi connectivity index (χ0v) is 16.6. The molecule has 150 valence electrons. The second-order valence-corrected chi connectivity index (χ2v) is 6.73. The first kappa shape index (κ1) is 20.4. The first-order chi connectivity index (χ1) is 13.9. The lowest BCUT2D eigenvalue weighted by atomic mass is 10.2. The number of methoxy groups -OCH3 is 1. The Balaban J connectivity index is 1.97. The molecule has 3 N–H and O–H groups in total. The number of hydrogen-bond acceptors (Lipinski definition) is 7. The van der Waals surface area contributed by atoms with Crippen molar-refractivity contribution >= 4 is 40.0 Å². The van der Waals surface area contributed by atoms with Gasteiger partial charge >= 0.3 is 11.7 Å². The molecule has 3 rings (SSSR count). The Morgan fingerprint density at radius 1 is 1.41 bits per heavy atom. The van der Waals surface area contributed by atoms with E-state index in [1.807, 2.05) is 6.07 Å². The van der Waals surface area contributed by atoms with Gasteiger partial charge in [0.05, 0.1) is 23.8 Å². The Labute approximate surface area is 171 Å². The van der Waals surface area contributed by atoms with Crippen LogP contribution in [0.15, 0.2) is 35.3 Å². The highest BCUT2D eigenvalue weighted by Crippen LogP contribution is 2.26. The summed E-state index contributed by atoms with van der Waals surface area (Å²) in [7, 11) is 2.94. The molecule has 0 spiro atoms. The maximum Gasteiger partial charge on any atom is 0.328 e. The molecule has 0 aliphatic heterocycles.